The number of carbonyl (C=O) groups is 3. The Morgan fingerprint density at radius 3 is 2.42 bits per heavy atom. The summed E-state index contributed by atoms with van der Waals surface area (Å²) in [6.45, 7) is 0. The second kappa shape index (κ2) is 11.2. The van der Waals surface area contributed by atoms with Crippen molar-refractivity contribution in [3.8, 4) is 6.07 Å². The molecule has 0 bridgehead atoms. The van der Waals surface area contributed by atoms with Crippen LogP contribution in [0.15, 0.2) is 54.7 Å². The summed E-state index contributed by atoms with van der Waals surface area (Å²) < 4.78 is 55.5. The number of halogens is 5. The lowest BCUT2D eigenvalue weighted by molar-refractivity contribution is -0.136. The fraction of sp³-hybridized carbons (Fsp3) is 0.286. The Balaban J connectivity index is 1.73. The Bertz CT molecular complexity index is 1640. The largest absolute Gasteiger partial charge is 0.383 e. The lowest BCUT2D eigenvalue weighted by atomic mass is 9.74. The van der Waals surface area contributed by atoms with Crippen LogP contribution in [-0.2, 0) is 14.4 Å². The van der Waals surface area contributed by atoms with Crippen LogP contribution < -0.4 is 15.5 Å². The number of hydrogen-bond donors (Lipinski definition) is 3. The van der Waals surface area contributed by atoms with Crippen LogP contribution in [-0.4, -0.2) is 56.4 Å². The number of nitriles is 1. The second-order valence-electron chi connectivity index (χ2n) is 10.2. The molecule has 1 aromatic heterocycles. The minimum absolute atomic E-state index is 0.0448. The number of amides is 3. The third-order valence-corrected chi connectivity index (χ3v) is 7.62. The van der Waals surface area contributed by atoms with E-state index in [-0.39, 0.29) is 16.3 Å². The molecule has 43 heavy (non-hydrogen) atoms. The van der Waals surface area contributed by atoms with Gasteiger partial charge >= 0.3 is 0 Å². The van der Waals surface area contributed by atoms with Gasteiger partial charge in [0.2, 0.25) is 11.9 Å². The molecule has 3 atom stereocenters. The second-order valence-corrected chi connectivity index (χ2v) is 10.6. The van der Waals surface area contributed by atoms with Crippen LogP contribution in [0.2, 0.25) is 5.02 Å². The van der Waals surface area contributed by atoms with Gasteiger partial charge in [-0.3, -0.25) is 19.3 Å². The predicted octanol–water partition coefficient (Wildman–Crippen LogP) is 3.45. The summed E-state index contributed by atoms with van der Waals surface area (Å²) in [6.07, 6.45) is -3.00. The number of anilines is 2. The van der Waals surface area contributed by atoms with E-state index in [2.05, 4.69) is 20.6 Å². The summed E-state index contributed by atoms with van der Waals surface area (Å²) in [4.78, 5) is 50.6. The summed E-state index contributed by atoms with van der Waals surface area (Å²) >= 11 is 6.48. The Labute approximate surface area is 246 Å². The van der Waals surface area contributed by atoms with Crippen molar-refractivity contribution < 1.29 is 37.1 Å². The standard InChI is InChI=1S/C28H21ClF4N6O4/c29-20-4-2-1-3-19(20)22(23(41)36-18-10-27(32,33)11-18)28(25(43)37-17-8-14(30)7-15(31)9-17)12-21(40)24(42)39(28)26-35-6-5-16(13-34)38-26/h1-9,18,21-22,40H,10-12H2,(H,36,41)(H,37,43)/t21?,22-,28?/m1/s1. The highest BCUT2D eigenvalue weighted by Crippen LogP contribution is 2.47. The molecule has 0 spiro atoms. The molecule has 3 aromatic rings. The first-order chi connectivity index (χ1) is 20.3. The highest BCUT2D eigenvalue weighted by Gasteiger charge is 2.64. The number of alkyl halides is 2. The molecule has 1 aliphatic heterocycles. The highest BCUT2D eigenvalue weighted by atomic mass is 35.5. The number of hydrogen-bond acceptors (Lipinski definition) is 7. The molecule has 15 heteroatoms. The Morgan fingerprint density at radius 1 is 1.12 bits per heavy atom. The van der Waals surface area contributed by atoms with Crippen molar-refractivity contribution in [2.75, 3.05) is 10.2 Å². The average molecular weight is 617 g/mol. The Hall–Kier alpha value is -4.61. The zero-order valence-electron chi connectivity index (χ0n) is 21.9. The quantitative estimate of drug-likeness (QED) is 0.344. The number of aromatic nitrogens is 2. The smallest absolute Gasteiger partial charge is 0.259 e. The first kappa shape index (κ1) is 29.9. The normalized spacial score (nSPS) is 21.9. The third kappa shape index (κ3) is 5.61. The number of rotatable bonds is 7. The maximum Gasteiger partial charge on any atom is 0.259 e. The third-order valence-electron chi connectivity index (χ3n) is 7.27. The number of nitrogens with one attached hydrogen (secondary N) is 2. The van der Waals surface area contributed by atoms with Crippen LogP contribution in [0.3, 0.4) is 0 Å². The summed E-state index contributed by atoms with van der Waals surface area (Å²) in [5.74, 6) is -10.9. The van der Waals surface area contributed by atoms with Crippen molar-refractivity contribution in [3.05, 3.63) is 82.6 Å². The van der Waals surface area contributed by atoms with Gasteiger partial charge < -0.3 is 15.7 Å². The van der Waals surface area contributed by atoms with Gasteiger partial charge in [-0.05, 0) is 29.8 Å². The maximum atomic E-state index is 14.4. The van der Waals surface area contributed by atoms with Crippen molar-refractivity contribution in [2.24, 2.45) is 0 Å². The zero-order valence-corrected chi connectivity index (χ0v) is 22.7. The number of benzene rings is 2. The van der Waals surface area contributed by atoms with E-state index in [0.29, 0.717) is 11.0 Å². The maximum absolute atomic E-state index is 14.4. The molecule has 2 unspecified atom stereocenters. The monoisotopic (exact) mass is 616 g/mol. The fourth-order valence-electron chi connectivity index (χ4n) is 5.42. The molecule has 2 fully saturated rings. The summed E-state index contributed by atoms with van der Waals surface area (Å²) in [7, 11) is 0. The van der Waals surface area contributed by atoms with Gasteiger partial charge in [-0.2, -0.15) is 5.26 Å². The molecular formula is C28H21ClF4N6O4. The van der Waals surface area contributed by atoms with Crippen molar-refractivity contribution in [2.45, 2.75) is 48.8 Å². The molecule has 3 amide bonds. The Kier molecular flexibility index (Phi) is 7.80. The molecular weight excluding hydrogens is 596 g/mol. The van der Waals surface area contributed by atoms with Crippen LogP contribution in [0, 0.1) is 23.0 Å². The van der Waals surface area contributed by atoms with Gasteiger partial charge in [0.25, 0.3) is 17.7 Å². The molecule has 2 aliphatic rings. The van der Waals surface area contributed by atoms with E-state index in [1.165, 1.54) is 30.3 Å². The van der Waals surface area contributed by atoms with Gasteiger partial charge in [-0.25, -0.2) is 27.5 Å². The highest BCUT2D eigenvalue weighted by molar-refractivity contribution is 6.32. The van der Waals surface area contributed by atoms with E-state index < -0.39 is 89.8 Å². The zero-order chi connectivity index (χ0) is 31.1. The topological polar surface area (TPSA) is 148 Å². The fourth-order valence-corrected chi connectivity index (χ4v) is 5.67. The van der Waals surface area contributed by atoms with E-state index in [9.17, 15) is 42.3 Å². The Morgan fingerprint density at radius 2 is 1.79 bits per heavy atom. The molecule has 1 aliphatic carbocycles. The minimum atomic E-state index is -3.02. The van der Waals surface area contributed by atoms with Gasteiger partial charge in [0.1, 0.15) is 35.0 Å². The van der Waals surface area contributed by atoms with Crippen molar-refractivity contribution >= 4 is 41.0 Å². The molecule has 0 radical (unpaired) electrons. The molecule has 222 valence electrons. The van der Waals surface area contributed by atoms with Gasteiger partial charge in [0.15, 0.2) is 0 Å². The molecule has 3 N–H and O–H groups in total. The summed E-state index contributed by atoms with van der Waals surface area (Å²) in [5, 5.41) is 25.0. The van der Waals surface area contributed by atoms with Gasteiger partial charge in [-0.15, -0.1) is 0 Å². The minimum Gasteiger partial charge on any atom is -0.383 e. The van der Waals surface area contributed by atoms with Crippen molar-refractivity contribution in [3.63, 3.8) is 0 Å². The van der Waals surface area contributed by atoms with Gasteiger partial charge in [0.05, 0.1) is 5.92 Å². The van der Waals surface area contributed by atoms with Crippen LogP contribution in [0.1, 0.15) is 36.4 Å². The molecule has 2 aromatic carbocycles. The number of carbonyl (C=O) groups excluding carboxylic acids is 3. The lowest BCUT2D eigenvalue weighted by Crippen LogP contribution is -2.63. The van der Waals surface area contributed by atoms with E-state index in [4.69, 9.17) is 11.6 Å². The van der Waals surface area contributed by atoms with Crippen LogP contribution in [0.25, 0.3) is 0 Å². The van der Waals surface area contributed by atoms with E-state index in [0.717, 1.165) is 18.3 Å². The lowest BCUT2D eigenvalue weighted by Gasteiger charge is -2.43. The molecule has 10 nitrogen and oxygen atoms in total. The molecule has 1 saturated carbocycles. The molecule has 1 saturated heterocycles. The molecule has 2 heterocycles. The SMILES string of the molecule is N#Cc1ccnc(N2C(=O)C(O)CC2(C(=O)Nc2cc(F)cc(F)c2)[C@@H](C(=O)NC2CC(F)(F)C2)c2ccccc2Cl)n1. The van der Waals surface area contributed by atoms with Gasteiger partial charge in [0, 0.05) is 48.3 Å². The van der Waals surface area contributed by atoms with E-state index in [1.807, 2.05) is 0 Å². The number of aliphatic hydroxyl groups excluding tert-OH is 1. The first-order valence-corrected chi connectivity index (χ1v) is 13.2. The summed E-state index contributed by atoms with van der Waals surface area (Å²) in [5.41, 5.74) is -3.19. The summed E-state index contributed by atoms with van der Waals surface area (Å²) in [6, 6.07) is 9.79. The van der Waals surface area contributed by atoms with Crippen LogP contribution in [0.5, 0.6) is 0 Å². The van der Waals surface area contributed by atoms with E-state index in [1.54, 1.807) is 6.07 Å². The number of nitrogens with zero attached hydrogens (tertiary/aromatic N) is 4. The van der Waals surface area contributed by atoms with Crippen molar-refractivity contribution in [1.29, 1.82) is 5.26 Å². The van der Waals surface area contributed by atoms with Crippen LogP contribution in [0.4, 0.5) is 29.2 Å². The van der Waals surface area contributed by atoms with Gasteiger partial charge in [-0.1, -0.05) is 29.8 Å². The predicted molar refractivity (Wildman–Crippen MR) is 143 cm³/mol. The molecule has 5 rings (SSSR count). The number of aliphatic hydroxyl groups is 1. The average Bonchev–Trinajstić information content (AvgIpc) is 3.19. The van der Waals surface area contributed by atoms with E-state index >= 15 is 0 Å². The van der Waals surface area contributed by atoms with Crippen molar-refractivity contribution in [1.82, 2.24) is 15.3 Å². The van der Waals surface area contributed by atoms with Crippen LogP contribution >= 0.6 is 11.6 Å². The first-order valence-electron chi connectivity index (χ1n) is 12.8.